The molecule has 0 aliphatic rings. The summed E-state index contributed by atoms with van der Waals surface area (Å²) in [7, 11) is 1.19. The number of hydrogen-bond donors (Lipinski definition) is 2. The summed E-state index contributed by atoms with van der Waals surface area (Å²) < 4.78 is 4.42. The van der Waals surface area contributed by atoms with Crippen LogP contribution >= 0.6 is 0 Å². The summed E-state index contributed by atoms with van der Waals surface area (Å²) in [5, 5.41) is 16.7. The summed E-state index contributed by atoms with van der Waals surface area (Å²) in [6.45, 7) is 0. The molecule has 0 unspecified atom stereocenters. The zero-order valence-electron chi connectivity index (χ0n) is 8.10. The Balaban J connectivity index is 3.18. The average Bonchev–Trinajstić information content (AvgIpc) is 2.30. The molecule has 0 radical (unpaired) electrons. The largest absolute Gasteiger partial charge is 0.506 e. The van der Waals surface area contributed by atoms with Crippen molar-refractivity contribution in [1.29, 1.82) is 5.41 Å². The number of carbonyl (C=O) groups excluding carboxylic acids is 1. The SMILES string of the molecule is COC(=O)/C(C=N)=C(/O)c1ccncc1. The number of nitrogens with one attached hydrogen (secondary N) is 1. The van der Waals surface area contributed by atoms with Crippen LogP contribution in [0.1, 0.15) is 5.56 Å². The number of aliphatic hydroxyl groups is 1. The van der Waals surface area contributed by atoms with Gasteiger partial charge in [-0.25, -0.2) is 4.79 Å². The van der Waals surface area contributed by atoms with Gasteiger partial charge in [0.1, 0.15) is 11.3 Å². The Labute approximate surface area is 86.5 Å². The van der Waals surface area contributed by atoms with Crippen LogP contribution in [-0.4, -0.2) is 29.4 Å². The van der Waals surface area contributed by atoms with E-state index in [4.69, 9.17) is 5.41 Å². The van der Waals surface area contributed by atoms with E-state index in [0.717, 1.165) is 6.21 Å². The number of esters is 1. The van der Waals surface area contributed by atoms with Crippen LogP contribution in [0.15, 0.2) is 30.1 Å². The van der Waals surface area contributed by atoms with Gasteiger partial charge in [-0.1, -0.05) is 0 Å². The Morgan fingerprint density at radius 2 is 2.13 bits per heavy atom. The molecule has 0 spiro atoms. The molecule has 0 aliphatic heterocycles. The molecule has 5 nitrogen and oxygen atoms in total. The van der Waals surface area contributed by atoms with E-state index in [0.29, 0.717) is 5.56 Å². The highest BCUT2D eigenvalue weighted by atomic mass is 16.5. The first kappa shape index (κ1) is 10.9. The minimum atomic E-state index is -0.751. The highest BCUT2D eigenvalue weighted by Gasteiger charge is 2.14. The van der Waals surface area contributed by atoms with E-state index in [2.05, 4.69) is 9.72 Å². The highest BCUT2D eigenvalue weighted by molar-refractivity contribution is 6.14. The van der Waals surface area contributed by atoms with Gasteiger partial charge in [-0.3, -0.25) is 4.98 Å². The lowest BCUT2D eigenvalue weighted by atomic mass is 10.1. The molecule has 0 fully saturated rings. The molecule has 15 heavy (non-hydrogen) atoms. The number of nitrogens with zero attached hydrogens (tertiary/aromatic N) is 1. The molecular formula is C10H10N2O3. The Hall–Kier alpha value is -2.17. The maximum Gasteiger partial charge on any atom is 0.343 e. The zero-order valence-corrected chi connectivity index (χ0v) is 8.10. The van der Waals surface area contributed by atoms with Gasteiger partial charge in [0.05, 0.1) is 7.11 Å². The number of hydrogen-bond acceptors (Lipinski definition) is 5. The Morgan fingerprint density at radius 3 is 2.60 bits per heavy atom. The van der Waals surface area contributed by atoms with Crippen LogP contribution in [-0.2, 0) is 9.53 Å². The van der Waals surface area contributed by atoms with Crippen LogP contribution in [0.25, 0.3) is 5.76 Å². The lowest BCUT2D eigenvalue weighted by Crippen LogP contribution is -2.08. The Kier molecular flexibility index (Phi) is 3.56. The minimum Gasteiger partial charge on any atom is -0.506 e. The number of ether oxygens (including phenoxy) is 1. The van der Waals surface area contributed by atoms with E-state index in [-0.39, 0.29) is 11.3 Å². The maximum absolute atomic E-state index is 11.2. The summed E-state index contributed by atoms with van der Waals surface area (Å²) in [5.41, 5.74) is 0.220. The lowest BCUT2D eigenvalue weighted by molar-refractivity contribution is -0.135. The van der Waals surface area contributed by atoms with Crippen LogP contribution in [0, 0.1) is 5.41 Å². The second-order valence-corrected chi connectivity index (χ2v) is 2.63. The van der Waals surface area contributed by atoms with Gasteiger partial charge in [0.15, 0.2) is 0 Å². The monoisotopic (exact) mass is 206 g/mol. The van der Waals surface area contributed by atoms with Crippen molar-refractivity contribution in [3.05, 3.63) is 35.7 Å². The minimum absolute atomic E-state index is 0.191. The van der Waals surface area contributed by atoms with Crippen LogP contribution < -0.4 is 0 Å². The first-order valence-corrected chi connectivity index (χ1v) is 4.13. The predicted molar refractivity (Wildman–Crippen MR) is 54.6 cm³/mol. The van der Waals surface area contributed by atoms with E-state index in [9.17, 15) is 9.90 Å². The van der Waals surface area contributed by atoms with Gasteiger partial charge in [0.25, 0.3) is 0 Å². The summed E-state index contributed by atoms with van der Waals surface area (Å²) in [4.78, 5) is 14.9. The molecule has 0 atom stereocenters. The molecule has 0 aromatic carbocycles. The smallest absolute Gasteiger partial charge is 0.343 e. The van der Waals surface area contributed by atoms with Crippen LogP contribution in [0.2, 0.25) is 0 Å². The average molecular weight is 206 g/mol. The normalized spacial score (nSPS) is 11.5. The zero-order chi connectivity index (χ0) is 11.3. The molecular weight excluding hydrogens is 196 g/mol. The van der Waals surface area contributed by atoms with Crippen LogP contribution in [0.4, 0.5) is 0 Å². The predicted octanol–water partition coefficient (Wildman–Crippen LogP) is 1.17. The van der Waals surface area contributed by atoms with Crippen LogP contribution in [0.5, 0.6) is 0 Å². The number of aliphatic hydroxyl groups excluding tert-OH is 1. The number of rotatable bonds is 3. The number of methoxy groups -OCH3 is 1. The summed E-state index contributed by atoms with van der Waals surface area (Å²) in [5.74, 6) is -1.04. The van der Waals surface area contributed by atoms with E-state index in [1.807, 2.05) is 0 Å². The Morgan fingerprint density at radius 1 is 1.53 bits per heavy atom. The molecule has 0 saturated heterocycles. The molecule has 1 aromatic heterocycles. The molecule has 0 amide bonds. The van der Waals surface area contributed by atoms with E-state index < -0.39 is 5.97 Å². The van der Waals surface area contributed by atoms with E-state index in [1.54, 1.807) is 0 Å². The van der Waals surface area contributed by atoms with Gasteiger partial charge in [-0.05, 0) is 12.1 Å². The first-order chi connectivity index (χ1) is 7.20. The fourth-order valence-corrected chi connectivity index (χ4v) is 0.999. The van der Waals surface area contributed by atoms with Gasteiger partial charge in [-0.2, -0.15) is 0 Å². The highest BCUT2D eigenvalue weighted by Crippen LogP contribution is 2.14. The molecule has 1 heterocycles. The third kappa shape index (κ3) is 2.40. The standard InChI is InChI=1S/C10H10N2O3/c1-15-10(14)8(6-11)9(13)7-2-4-12-5-3-7/h2-6,11,13H,1H3/b9-8+,11-6?. The van der Waals surface area contributed by atoms with Crippen molar-refractivity contribution in [1.82, 2.24) is 4.98 Å². The van der Waals surface area contributed by atoms with Crippen molar-refractivity contribution in [3.63, 3.8) is 0 Å². The van der Waals surface area contributed by atoms with E-state index in [1.165, 1.54) is 31.6 Å². The second-order valence-electron chi connectivity index (χ2n) is 2.63. The Bertz CT molecular complexity index is 398. The maximum atomic E-state index is 11.2. The summed E-state index contributed by atoms with van der Waals surface area (Å²) >= 11 is 0. The quantitative estimate of drug-likeness (QED) is 0.336. The summed E-state index contributed by atoms with van der Waals surface area (Å²) in [6, 6.07) is 3.06. The van der Waals surface area contributed by atoms with Gasteiger partial charge >= 0.3 is 5.97 Å². The van der Waals surface area contributed by atoms with Crippen molar-refractivity contribution < 1.29 is 14.6 Å². The fraction of sp³-hybridized carbons (Fsp3) is 0.100. The topological polar surface area (TPSA) is 83.3 Å². The van der Waals surface area contributed by atoms with Gasteiger partial charge in [-0.15, -0.1) is 0 Å². The lowest BCUT2D eigenvalue weighted by Gasteiger charge is -2.04. The van der Waals surface area contributed by atoms with Gasteiger partial charge < -0.3 is 15.3 Å². The van der Waals surface area contributed by atoms with Gasteiger partial charge in [0, 0.05) is 24.2 Å². The van der Waals surface area contributed by atoms with E-state index >= 15 is 0 Å². The molecule has 0 saturated carbocycles. The number of aromatic nitrogens is 1. The molecule has 78 valence electrons. The number of carbonyl (C=O) groups is 1. The summed E-state index contributed by atoms with van der Waals surface area (Å²) in [6.07, 6.45) is 3.70. The third-order valence-corrected chi connectivity index (χ3v) is 1.76. The van der Waals surface area contributed by atoms with Crippen molar-refractivity contribution >= 4 is 17.9 Å². The molecule has 5 heteroatoms. The number of pyridine rings is 1. The molecule has 0 bridgehead atoms. The second kappa shape index (κ2) is 4.90. The van der Waals surface area contributed by atoms with Crippen molar-refractivity contribution in [2.24, 2.45) is 0 Å². The van der Waals surface area contributed by atoms with Crippen molar-refractivity contribution in [2.75, 3.05) is 7.11 Å². The van der Waals surface area contributed by atoms with Gasteiger partial charge in [0.2, 0.25) is 0 Å². The van der Waals surface area contributed by atoms with Crippen molar-refractivity contribution in [3.8, 4) is 0 Å². The third-order valence-electron chi connectivity index (χ3n) is 1.76. The molecule has 1 rings (SSSR count). The van der Waals surface area contributed by atoms with Crippen molar-refractivity contribution in [2.45, 2.75) is 0 Å². The molecule has 0 aliphatic carbocycles. The first-order valence-electron chi connectivity index (χ1n) is 4.13. The van der Waals surface area contributed by atoms with Crippen LogP contribution in [0.3, 0.4) is 0 Å². The molecule has 1 aromatic rings. The molecule has 2 N–H and O–H groups in total. The fourth-order valence-electron chi connectivity index (χ4n) is 0.999.